The van der Waals surface area contributed by atoms with Gasteiger partial charge in [-0.1, -0.05) is 36.4 Å². The van der Waals surface area contributed by atoms with Crippen LogP contribution in [0.1, 0.15) is 17.5 Å². The van der Waals surface area contributed by atoms with Gasteiger partial charge in [0.2, 0.25) is 11.8 Å². The predicted octanol–water partition coefficient (Wildman–Crippen LogP) is 4.80. The first-order valence-corrected chi connectivity index (χ1v) is 11.0. The number of rotatable bonds is 6. The smallest absolute Gasteiger partial charge is 0.247 e. The van der Waals surface area contributed by atoms with Crippen molar-refractivity contribution in [3.8, 4) is 17.2 Å². The number of aromatic nitrogens is 2. The molecule has 3 aromatic carbocycles. The van der Waals surface area contributed by atoms with E-state index in [1.54, 1.807) is 19.2 Å². The molecule has 168 valence electrons. The van der Waals surface area contributed by atoms with Crippen LogP contribution < -0.4 is 9.64 Å². The Morgan fingerprint density at radius 3 is 2.24 bits per heavy atom. The Morgan fingerprint density at radius 1 is 0.848 bits per heavy atom. The summed E-state index contributed by atoms with van der Waals surface area (Å²) in [5.41, 5.74) is 2.52. The van der Waals surface area contributed by atoms with E-state index >= 15 is 0 Å². The SMILES string of the molecule is COc1ccc(N2CCN(C(c3nnc(-c4ccccc4)o3)c3ccccc3F)CC2)cc1. The van der Waals surface area contributed by atoms with Crippen LogP contribution in [0.2, 0.25) is 0 Å². The van der Waals surface area contributed by atoms with Crippen molar-refractivity contribution < 1.29 is 13.5 Å². The van der Waals surface area contributed by atoms with E-state index in [4.69, 9.17) is 9.15 Å². The van der Waals surface area contributed by atoms with Crippen molar-refractivity contribution in [2.45, 2.75) is 6.04 Å². The van der Waals surface area contributed by atoms with E-state index in [1.807, 2.05) is 48.5 Å². The van der Waals surface area contributed by atoms with Crippen LogP contribution in [0, 0.1) is 5.82 Å². The molecule has 1 saturated heterocycles. The Balaban J connectivity index is 1.40. The highest BCUT2D eigenvalue weighted by Gasteiger charge is 2.32. The molecule has 6 nitrogen and oxygen atoms in total. The third-order valence-corrected chi connectivity index (χ3v) is 6.01. The van der Waals surface area contributed by atoms with Crippen molar-refractivity contribution >= 4 is 5.69 Å². The summed E-state index contributed by atoms with van der Waals surface area (Å²) in [6, 6.07) is 24.0. The molecule has 0 spiro atoms. The minimum atomic E-state index is -0.450. The average Bonchev–Trinajstić information content (AvgIpc) is 3.36. The van der Waals surface area contributed by atoms with E-state index in [9.17, 15) is 4.39 Å². The Hall–Kier alpha value is -3.71. The van der Waals surface area contributed by atoms with E-state index in [0.29, 0.717) is 17.3 Å². The molecule has 1 aromatic heterocycles. The van der Waals surface area contributed by atoms with Gasteiger partial charge in [-0.2, -0.15) is 0 Å². The second-order valence-electron chi connectivity index (χ2n) is 7.96. The summed E-state index contributed by atoms with van der Waals surface area (Å²) in [7, 11) is 1.66. The molecule has 0 amide bonds. The lowest BCUT2D eigenvalue weighted by Crippen LogP contribution is -2.48. The third kappa shape index (κ3) is 4.45. The first-order valence-electron chi connectivity index (χ1n) is 11.0. The zero-order valence-corrected chi connectivity index (χ0v) is 18.4. The van der Waals surface area contributed by atoms with E-state index in [1.165, 1.54) is 6.07 Å². The van der Waals surface area contributed by atoms with E-state index < -0.39 is 6.04 Å². The van der Waals surface area contributed by atoms with Gasteiger partial charge < -0.3 is 14.1 Å². The van der Waals surface area contributed by atoms with Crippen LogP contribution in [-0.2, 0) is 0 Å². The van der Waals surface area contributed by atoms with Gasteiger partial charge in [0.1, 0.15) is 17.6 Å². The predicted molar refractivity (Wildman–Crippen MR) is 125 cm³/mol. The van der Waals surface area contributed by atoms with Gasteiger partial charge in [-0.15, -0.1) is 10.2 Å². The maximum absolute atomic E-state index is 14.9. The minimum Gasteiger partial charge on any atom is -0.497 e. The summed E-state index contributed by atoms with van der Waals surface area (Å²) in [5, 5.41) is 8.58. The highest BCUT2D eigenvalue weighted by molar-refractivity contribution is 5.52. The molecular weight excluding hydrogens is 419 g/mol. The van der Waals surface area contributed by atoms with Crippen LogP contribution in [-0.4, -0.2) is 48.4 Å². The van der Waals surface area contributed by atoms with Crippen LogP contribution in [0.25, 0.3) is 11.5 Å². The highest BCUT2D eigenvalue weighted by atomic mass is 19.1. The molecular formula is C26H25FN4O2. The number of ether oxygens (including phenoxy) is 1. The minimum absolute atomic E-state index is 0.278. The summed E-state index contributed by atoms with van der Waals surface area (Å²) >= 11 is 0. The topological polar surface area (TPSA) is 54.6 Å². The molecule has 5 rings (SSSR count). The van der Waals surface area contributed by atoms with Crippen molar-refractivity contribution in [3.05, 3.63) is 96.1 Å². The number of nitrogens with zero attached hydrogens (tertiary/aromatic N) is 4. The van der Waals surface area contributed by atoms with E-state index in [0.717, 1.165) is 43.2 Å². The van der Waals surface area contributed by atoms with Crippen LogP contribution >= 0.6 is 0 Å². The molecule has 0 saturated carbocycles. The second kappa shape index (κ2) is 9.42. The standard InChI is InChI=1S/C26H25FN4O2/c1-32-21-13-11-20(12-14-21)30-15-17-31(18-16-30)24(22-9-5-6-10-23(22)27)26-29-28-25(33-26)19-7-3-2-4-8-19/h2-14,24H,15-18H2,1H3. The van der Waals surface area contributed by atoms with Gasteiger partial charge in [0.15, 0.2) is 0 Å². The Labute approximate surface area is 192 Å². The number of anilines is 1. The fourth-order valence-electron chi connectivity index (χ4n) is 4.26. The van der Waals surface area contributed by atoms with Crippen LogP contribution in [0.5, 0.6) is 5.75 Å². The quantitative estimate of drug-likeness (QED) is 0.426. The van der Waals surface area contributed by atoms with Crippen LogP contribution in [0.15, 0.2) is 83.3 Å². The molecule has 33 heavy (non-hydrogen) atoms. The van der Waals surface area contributed by atoms with Gasteiger partial charge in [-0.05, 0) is 42.5 Å². The van der Waals surface area contributed by atoms with Gasteiger partial charge in [0.05, 0.1) is 7.11 Å². The van der Waals surface area contributed by atoms with Gasteiger partial charge in [-0.3, -0.25) is 4.90 Å². The number of hydrogen-bond acceptors (Lipinski definition) is 6. The van der Waals surface area contributed by atoms with Crippen LogP contribution in [0.4, 0.5) is 10.1 Å². The van der Waals surface area contributed by atoms with Crippen molar-refractivity contribution in [3.63, 3.8) is 0 Å². The molecule has 7 heteroatoms. The van der Waals surface area contributed by atoms with Crippen molar-refractivity contribution in [1.29, 1.82) is 0 Å². The monoisotopic (exact) mass is 444 g/mol. The fraction of sp³-hybridized carbons (Fsp3) is 0.231. The zero-order chi connectivity index (χ0) is 22.6. The lowest BCUT2D eigenvalue weighted by Gasteiger charge is -2.39. The summed E-state index contributed by atoms with van der Waals surface area (Å²) in [5.74, 6) is 1.39. The zero-order valence-electron chi connectivity index (χ0n) is 18.4. The molecule has 0 radical (unpaired) electrons. The number of benzene rings is 3. The van der Waals surface area contributed by atoms with Gasteiger partial charge in [0.25, 0.3) is 0 Å². The molecule has 1 unspecified atom stereocenters. The first kappa shape index (κ1) is 21.2. The molecule has 4 aromatic rings. The Kier molecular flexibility index (Phi) is 6.04. The van der Waals surface area contributed by atoms with Crippen molar-refractivity contribution in [2.75, 3.05) is 38.2 Å². The average molecular weight is 445 g/mol. The molecule has 0 bridgehead atoms. The lowest BCUT2D eigenvalue weighted by atomic mass is 10.0. The highest BCUT2D eigenvalue weighted by Crippen LogP contribution is 2.33. The van der Waals surface area contributed by atoms with Crippen LogP contribution in [0.3, 0.4) is 0 Å². The van der Waals surface area contributed by atoms with Gasteiger partial charge >= 0.3 is 0 Å². The molecule has 1 aliphatic heterocycles. The second-order valence-corrected chi connectivity index (χ2v) is 7.96. The lowest BCUT2D eigenvalue weighted by molar-refractivity contribution is 0.184. The first-order chi connectivity index (χ1) is 16.2. The molecule has 0 aliphatic carbocycles. The molecule has 1 atom stereocenters. The maximum Gasteiger partial charge on any atom is 0.247 e. The van der Waals surface area contributed by atoms with Crippen molar-refractivity contribution in [2.24, 2.45) is 0 Å². The number of hydrogen-bond donors (Lipinski definition) is 0. The summed E-state index contributed by atoms with van der Waals surface area (Å²) in [6.07, 6.45) is 0. The fourth-order valence-corrected chi connectivity index (χ4v) is 4.26. The Bertz CT molecular complexity index is 1190. The summed E-state index contributed by atoms with van der Waals surface area (Å²) < 4.78 is 26.2. The van der Waals surface area contributed by atoms with Crippen molar-refractivity contribution in [1.82, 2.24) is 15.1 Å². The number of methoxy groups -OCH3 is 1. The summed E-state index contributed by atoms with van der Waals surface area (Å²) in [4.78, 5) is 4.53. The third-order valence-electron chi connectivity index (χ3n) is 6.01. The normalized spacial score (nSPS) is 15.4. The largest absolute Gasteiger partial charge is 0.497 e. The van der Waals surface area contributed by atoms with E-state index in [-0.39, 0.29) is 5.82 Å². The Morgan fingerprint density at radius 2 is 1.55 bits per heavy atom. The van der Waals surface area contributed by atoms with E-state index in [2.05, 4.69) is 32.1 Å². The molecule has 1 aliphatic rings. The number of piperazine rings is 1. The number of halogens is 1. The maximum atomic E-state index is 14.9. The molecule has 2 heterocycles. The van der Waals surface area contributed by atoms with Gasteiger partial charge in [0, 0.05) is 43.0 Å². The molecule has 1 fully saturated rings. The molecule has 0 N–H and O–H groups in total. The summed E-state index contributed by atoms with van der Waals surface area (Å²) in [6.45, 7) is 3.07. The van der Waals surface area contributed by atoms with Gasteiger partial charge in [-0.25, -0.2) is 4.39 Å².